The lowest BCUT2D eigenvalue weighted by atomic mass is 10.1. The molecular formula is C22H27N5O3S2. The molecule has 3 aromatic heterocycles. The molecule has 1 aliphatic heterocycles. The molecule has 1 amide bonds. The molecule has 4 heterocycles. The van der Waals surface area contributed by atoms with Crippen LogP contribution >= 0.6 is 11.3 Å². The number of piperidine rings is 1. The lowest BCUT2D eigenvalue weighted by Gasteiger charge is -2.27. The van der Waals surface area contributed by atoms with Crippen LogP contribution in [0.25, 0.3) is 10.7 Å². The number of sulfonamides is 1. The van der Waals surface area contributed by atoms with Gasteiger partial charge in [0.05, 0.1) is 17.4 Å². The molecule has 0 unspecified atom stereocenters. The van der Waals surface area contributed by atoms with E-state index in [1.54, 1.807) is 35.9 Å². The van der Waals surface area contributed by atoms with E-state index in [-0.39, 0.29) is 17.3 Å². The minimum absolute atomic E-state index is 0.00594. The summed E-state index contributed by atoms with van der Waals surface area (Å²) in [7, 11) is -3.83. The van der Waals surface area contributed by atoms with E-state index < -0.39 is 16.1 Å². The molecule has 1 saturated heterocycles. The zero-order chi connectivity index (χ0) is 22.7. The fourth-order valence-electron chi connectivity index (χ4n) is 3.79. The molecule has 0 aliphatic carbocycles. The van der Waals surface area contributed by atoms with Crippen molar-refractivity contribution in [3.63, 3.8) is 0 Å². The molecule has 1 aliphatic rings. The summed E-state index contributed by atoms with van der Waals surface area (Å²) in [5.41, 5.74) is 2.11. The van der Waals surface area contributed by atoms with E-state index in [9.17, 15) is 13.2 Å². The number of likely N-dealkylation sites (tertiary alicyclic amines) is 1. The fourth-order valence-corrected chi connectivity index (χ4v) is 5.88. The highest BCUT2D eigenvalue weighted by Crippen LogP contribution is 2.29. The first kappa shape index (κ1) is 22.6. The van der Waals surface area contributed by atoms with Crippen LogP contribution in [0.1, 0.15) is 43.6 Å². The van der Waals surface area contributed by atoms with Gasteiger partial charge in [-0.2, -0.15) is 0 Å². The maximum absolute atomic E-state index is 13.1. The largest absolute Gasteiger partial charge is 0.341 e. The van der Waals surface area contributed by atoms with Gasteiger partial charge in [-0.1, -0.05) is 6.07 Å². The first-order chi connectivity index (χ1) is 15.3. The van der Waals surface area contributed by atoms with Crippen LogP contribution in [0.4, 0.5) is 0 Å². The second kappa shape index (κ2) is 9.51. The van der Waals surface area contributed by atoms with Crippen LogP contribution < -0.4 is 4.72 Å². The van der Waals surface area contributed by atoms with Crippen molar-refractivity contribution in [2.45, 2.75) is 50.6 Å². The second-order valence-corrected chi connectivity index (χ2v) is 10.6. The zero-order valence-corrected chi connectivity index (χ0v) is 19.8. The van der Waals surface area contributed by atoms with Crippen molar-refractivity contribution in [3.05, 3.63) is 53.4 Å². The smallest absolute Gasteiger partial charge is 0.242 e. The molecule has 0 aromatic carbocycles. The second-order valence-electron chi connectivity index (χ2n) is 8.02. The molecule has 0 saturated carbocycles. The Morgan fingerprint density at radius 1 is 1.25 bits per heavy atom. The summed E-state index contributed by atoms with van der Waals surface area (Å²) in [5, 5.41) is 2.60. The van der Waals surface area contributed by atoms with Crippen LogP contribution in [0.5, 0.6) is 0 Å². The predicted molar refractivity (Wildman–Crippen MR) is 124 cm³/mol. The van der Waals surface area contributed by atoms with Crippen LogP contribution in [-0.2, 0) is 21.4 Å². The van der Waals surface area contributed by atoms with Gasteiger partial charge < -0.3 is 9.47 Å². The predicted octanol–water partition coefficient (Wildman–Crippen LogP) is 3.37. The van der Waals surface area contributed by atoms with Crippen molar-refractivity contribution in [2.75, 3.05) is 13.1 Å². The molecule has 1 N–H and O–H groups in total. The van der Waals surface area contributed by atoms with Gasteiger partial charge in [0.15, 0.2) is 0 Å². The van der Waals surface area contributed by atoms with E-state index in [0.717, 1.165) is 38.0 Å². The molecule has 8 nitrogen and oxygen atoms in total. The Kier molecular flexibility index (Phi) is 6.73. The molecular weight excluding hydrogens is 446 g/mol. The number of hydrogen-bond acceptors (Lipinski definition) is 6. The molecule has 3 aromatic rings. The Morgan fingerprint density at radius 3 is 2.69 bits per heavy atom. The van der Waals surface area contributed by atoms with Gasteiger partial charge in [0.25, 0.3) is 0 Å². The molecule has 0 spiro atoms. The van der Waals surface area contributed by atoms with Crippen LogP contribution in [0.2, 0.25) is 0 Å². The number of amides is 1. The normalized spacial score (nSPS) is 15.6. The minimum Gasteiger partial charge on any atom is -0.341 e. The van der Waals surface area contributed by atoms with Crippen molar-refractivity contribution < 1.29 is 13.2 Å². The summed E-state index contributed by atoms with van der Waals surface area (Å²) in [4.78, 5) is 23.6. The van der Waals surface area contributed by atoms with Crippen LogP contribution in [0.3, 0.4) is 0 Å². The molecule has 170 valence electrons. The first-order valence-electron chi connectivity index (χ1n) is 10.7. The number of thiazole rings is 1. The fraction of sp³-hybridized carbons (Fsp3) is 0.409. The van der Waals surface area contributed by atoms with Gasteiger partial charge in [0, 0.05) is 36.6 Å². The average Bonchev–Trinajstić information content (AvgIpc) is 3.41. The summed E-state index contributed by atoms with van der Waals surface area (Å²) < 4.78 is 30.7. The SMILES string of the molecule is Cc1csc(-c2cc(S(=O)(=O)N[C@@H](C)c3ccccn3)cn2CC(=O)N2CCCCC2)n1. The van der Waals surface area contributed by atoms with E-state index in [1.807, 2.05) is 23.3 Å². The first-order valence-corrected chi connectivity index (χ1v) is 13.0. The van der Waals surface area contributed by atoms with E-state index in [0.29, 0.717) is 16.4 Å². The molecule has 1 atom stereocenters. The molecule has 32 heavy (non-hydrogen) atoms. The lowest BCUT2D eigenvalue weighted by Crippen LogP contribution is -2.37. The van der Waals surface area contributed by atoms with Gasteiger partial charge in [0.1, 0.15) is 16.4 Å². The van der Waals surface area contributed by atoms with E-state index in [1.165, 1.54) is 17.5 Å². The standard InChI is InChI=1S/C22H27N5O3S2/c1-16-15-31-22(24-16)20-12-18(13-27(20)14-21(28)26-10-6-3-7-11-26)32(29,30)25-17(2)19-8-4-5-9-23-19/h4-5,8-9,12-13,15,17,25H,3,6-7,10-11,14H2,1-2H3/t17-/m0/s1. The van der Waals surface area contributed by atoms with Gasteiger partial charge in [-0.25, -0.2) is 18.1 Å². The van der Waals surface area contributed by atoms with E-state index in [4.69, 9.17) is 0 Å². The summed E-state index contributed by atoms with van der Waals surface area (Å²) >= 11 is 1.43. The number of aromatic nitrogens is 3. The molecule has 1 fully saturated rings. The summed E-state index contributed by atoms with van der Waals surface area (Å²) in [6.07, 6.45) is 6.31. The van der Waals surface area contributed by atoms with Crippen molar-refractivity contribution >= 4 is 27.3 Å². The van der Waals surface area contributed by atoms with Gasteiger partial charge in [-0.15, -0.1) is 11.3 Å². The van der Waals surface area contributed by atoms with Crippen molar-refractivity contribution in [1.82, 2.24) is 24.2 Å². The Bertz CT molecular complexity index is 1180. The minimum atomic E-state index is -3.83. The average molecular weight is 474 g/mol. The highest BCUT2D eigenvalue weighted by Gasteiger charge is 2.25. The van der Waals surface area contributed by atoms with Crippen LogP contribution in [0, 0.1) is 6.92 Å². The number of aryl methyl sites for hydroxylation is 1. The Labute approximate surface area is 192 Å². The quantitative estimate of drug-likeness (QED) is 0.567. The van der Waals surface area contributed by atoms with Gasteiger partial charge >= 0.3 is 0 Å². The van der Waals surface area contributed by atoms with Crippen molar-refractivity contribution in [3.8, 4) is 10.7 Å². The highest BCUT2D eigenvalue weighted by atomic mass is 32.2. The third-order valence-electron chi connectivity index (χ3n) is 5.50. The number of pyridine rings is 1. The monoisotopic (exact) mass is 473 g/mol. The topological polar surface area (TPSA) is 97.2 Å². The summed E-state index contributed by atoms with van der Waals surface area (Å²) in [6.45, 7) is 5.22. The number of nitrogens with zero attached hydrogens (tertiary/aromatic N) is 4. The number of carbonyl (C=O) groups excluding carboxylic acids is 1. The van der Waals surface area contributed by atoms with Gasteiger partial charge in [0.2, 0.25) is 15.9 Å². The van der Waals surface area contributed by atoms with Gasteiger partial charge in [-0.05, 0) is 51.3 Å². The van der Waals surface area contributed by atoms with Gasteiger partial charge in [-0.3, -0.25) is 9.78 Å². The number of rotatable bonds is 7. The maximum atomic E-state index is 13.1. The van der Waals surface area contributed by atoms with E-state index >= 15 is 0 Å². The molecule has 0 radical (unpaired) electrons. The molecule has 10 heteroatoms. The third kappa shape index (κ3) is 5.08. The highest BCUT2D eigenvalue weighted by molar-refractivity contribution is 7.89. The zero-order valence-electron chi connectivity index (χ0n) is 18.2. The van der Waals surface area contributed by atoms with Crippen LogP contribution in [-0.4, -0.2) is 46.8 Å². The number of carbonyl (C=O) groups is 1. The lowest BCUT2D eigenvalue weighted by molar-refractivity contribution is -0.132. The van der Waals surface area contributed by atoms with Crippen molar-refractivity contribution in [2.24, 2.45) is 0 Å². The summed E-state index contributed by atoms with van der Waals surface area (Å²) in [6, 6.07) is 6.48. The molecule has 4 rings (SSSR count). The molecule has 0 bridgehead atoms. The van der Waals surface area contributed by atoms with E-state index in [2.05, 4.69) is 14.7 Å². The Hall–Kier alpha value is -2.56. The number of nitrogens with one attached hydrogen (secondary N) is 1. The maximum Gasteiger partial charge on any atom is 0.242 e. The Morgan fingerprint density at radius 2 is 2.03 bits per heavy atom. The van der Waals surface area contributed by atoms with Crippen LogP contribution in [0.15, 0.2) is 46.9 Å². The van der Waals surface area contributed by atoms with Crippen molar-refractivity contribution in [1.29, 1.82) is 0 Å². The third-order valence-corrected chi connectivity index (χ3v) is 7.99. The summed E-state index contributed by atoms with van der Waals surface area (Å²) in [5.74, 6) is -0.00594. The number of hydrogen-bond donors (Lipinski definition) is 1. The Balaban J connectivity index is 1.63.